The van der Waals surface area contributed by atoms with E-state index in [9.17, 15) is 0 Å². The van der Waals surface area contributed by atoms with Crippen molar-refractivity contribution >= 4 is 7.69 Å². The molecule has 1 N–H and O–H groups in total. The van der Waals surface area contributed by atoms with Crippen LogP contribution in [-0.2, 0) is 4.65 Å². The molecule has 0 amide bonds. The second-order valence-electron chi connectivity index (χ2n) is 3.03. The minimum atomic E-state index is -0.200. The molecule has 0 aliphatic rings. The van der Waals surface area contributed by atoms with Gasteiger partial charge in [-0.1, -0.05) is 13.8 Å². The maximum atomic E-state index is 8.43. The van der Waals surface area contributed by atoms with E-state index in [1.54, 1.807) is 0 Å². The van der Waals surface area contributed by atoms with E-state index >= 15 is 0 Å². The summed E-state index contributed by atoms with van der Waals surface area (Å²) in [4.78, 5) is 0. The first kappa shape index (κ1) is 8.98. The van der Waals surface area contributed by atoms with Gasteiger partial charge in [0.2, 0.25) is 0 Å². The molecule has 0 aromatic carbocycles. The third-order valence-electron chi connectivity index (χ3n) is 1.83. The van der Waals surface area contributed by atoms with Crippen molar-refractivity contribution in [1.29, 1.82) is 0 Å². The third-order valence-corrected chi connectivity index (χ3v) is 1.83. The van der Waals surface area contributed by atoms with Crippen LogP contribution >= 0.6 is 0 Å². The van der Waals surface area contributed by atoms with Crippen LogP contribution in [0.15, 0.2) is 0 Å². The Morgan fingerprint density at radius 3 is 2.00 bits per heavy atom. The lowest BCUT2D eigenvalue weighted by molar-refractivity contribution is 0.0488. The second kappa shape index (κ2) is 3.23. The molecule has 0 heterocycles. The first-order valence-electron chi connectivity index (χ1n) is 3.25. The van der Waals surface area contributed by atoms with Gasteiger partial charge in [0.1, 0.15) is 0 Å². The summed E-state index contributed by atoms with van der Waals surface area (Å²) in [5, 5.41) is 8.43. The van der Waals surface area contributed by atoms with E-state index in [2.05, 4.69) is 13.8 Å². The summed E-state index contributed by atoms with van der Waals surface area (Å²) in [6.07, 6.45) is 0. The van der Waals surface area contributed by atoms with Gasteiger partial charge in [-0.15, -0.1) is 0 Å². The minimum Gasteiger partial charge on any atom is -0.430 e. The van der Waals surface area contributed by atoms with Crippen molar-refractivity contribution in [3.63, 3.8) is 0 Å². The van der Waals surface area contributed by atoms with Crippen LogP contribution < -0.4 is 0 Å². The standard InChI is InChI=1S/C6H15BO2/c1-5(2)6(3,4)9-7-8/h5,7-8H,1-4H3. The van der Waals surface area contributed by atoms with Gasteiger partial charge in [-0.3, -0.25) is 0 Å². The molecule has 2 nitrogen and oxygen atoms in total. The largest absolute Gasteiger partial charge is 0.435 e. The van der Waals surface area contributed by atoms with Gasteiger partial charge < -0.3 is 9.68 Å². The zero-order valence-corrected chi connectivity index (χ0v) is 6.64. The van der Waals surface area contributed by atoms with Crippen LogP contribution in [0.4, 0.5) is 0 Å². The van der Waals surface area contributed by atoms with Crippen molar-refractivity contribution in [3.8, 4) is 0 Å². The van der Waals surface area contributed by atoms with Crippen LogP contribution in [0.5, 0.6) is 0 Å². The lowest BCUT2D eigenvalue weighted by Gasteiger charge is -2.28. The highest BCUT2D eigenvalue weighted by Crippen LogP contribution is 2.18. The van der Waals surface area contributed by atoms with E-state index in [0.717, 1.165) is 0 Å². The van der Waals surface area contributed by atoms with Crippen LogP contribution in [-0.4, -0.2) is 18.3 Å². The van der Waals surface area contributed by atoms with Crippen molar-refractivity contribution in [3.05, 3.63) is 0 Å². The Hall–Kier alpha value is -0.0151. The third kappa shape index (κ3) is 2.87. The van der Waals surface area contributed by atoms with Gasteiger partial charge in [0.05, 0.1) is 5.60 Å². The summed E-state index contributed by atoms with van der Waals surface area (Å²) in [5.74, 6) is 0.435. The van der Waals surface area contributed by atoms with Crippen LogP contribution in [0.1, 0.15) is 27.7 Å². The van der Waals surface area contributed by atoms with Gasteiger partial charge in [0.25, 0.3) is 0 Å². The Morgan fingerprint density at radius 1 is 1.44 bits per heavy atom. The first-order chi connectivity index (χ1) is 4.00. The van der Waals surface area contributed by atoms with Crippen molar-refractivity contribution < 1.29 is 9.68 Å². The topological polar surface area (TPSA) is 29.5 Å². The van der Waals surface area contributed by atoms with E-state index in [1.165, 1.54) is 0 Å². The molecular weight excluding hydrogens is 115 g/mol. The zero-order valence-electron chi connectivity index (χ0n) is 6.64. The quantitative estimate of drug-likeness (QED) is 0.569. The highest BCUT2D eigenvalue weighted by Gasteiger charge is 2.21. The average Bonchev–Trinajstić information content (AvgIpc) is 1.65. The van der Waals surface area contributed by atoms with Crippen molar-refractivity contribution in [2.24, 2.45) is 5.92 Å². The van der Waals surface area contributed by atoms with Gasteiger partial charge in [-0.25, -0.2) is 0 Å². The molecule has 9 heavy (non-hydrogen) atoms. The Kier molecular flexibility index (Phi) is 3.22. The number of rotatable bonds is 3. The fourth-order valence-electron chi connectivity index (χ4n) is 0.333. The molecule has 54 valence electrons. The average molecular weight is 130 g/mol. The summed E-state index contributed by atoms with van der Waals surface area (Å²) in [6.45, 7) is 8.06. The Bertz CT molecular complexity index is 81.1. The van der Waals surface area contributed by atoms with Gasteiger partial charge in [-0.05, 0) is 19.8 Å². The maximum Gasteiger partial charge on any atom is 0.435 e. The molecule has 0 rings (SSSR count). The highest BCUT2D eigenvalue weighted by atomic mass is 16.5. The van der Waals surface area contributed by atoms with Gasteiger partial charge >= 0.3 is 7.69 Å². The molecule has 0 spiro atoms. The first-order valence-corrected chi connectivity index (χ1v) is 3.25. The minimum absolute atomic E-state index is 0.189. The molecule has 3 heteroatoms. The fraction of sp³-hybridized carbons (Fsp3) is 1.00. The predicted octanol–water partition coefficient (Wildman–Crippen LogP) is 0.696. The van der Waals surface area contributed by atoms with Crippen molar-refractivity contribution in [2.45, 2.75) is 33.3 Å². The van der Waals surface area contributed by atoms with Gasteiger partial charge in [-0.2, -0.15) is 0 Å². The monoisotopic (exact) mass is 130 g/mol. The summed E-state index contributed by atoms with van der Waals surface area (Å²) in [7, 11) is -0.189. The van der Waals surface area contributed by atoms with Crippen LogP contribution in [0.25, 0.3) is 0 Å². The molecule has 0 fully saturated rings. The van der Waals surface area contributed by atoms with E-state index in [1.807, 2.05) is 13.8 Å². The van der Waals surface area contributed by atoms with E-state index in [-0.39, 0.29) is 13.3 Å². The normalized spacial score (nSPS) is 12.2. The Balaban J connectivity index is 3.70. The molecule has 0 unspecified atom stereocenters. The summed E-state index contributed by atoms with van der Waals surface area (Å²) in [6, 6.07) is 0. The van der Waals surface area contributed by atoms with Crippen LogP contribution in [0, 0.1) is 5.92 Å². The van der Waals surface area contributed by atoms with Gasteiger partial charge in [0.15, 0.2) is 0 Å². The van der Waals surface area contributed by atoms with E-state index in [4.69, 9.17) is 9.68 Å². The molecule has 0 saturated heterocycles. The summed E-state index contributed by atoms with van der Waals surface area (Å²) < 4.78 is 5.05. The molecule has 0 aliphatic carbocycles. The summed E-state index contributed by atoms with van der Waals surface area (Å²) in [5.41, 5.74) is -0.200. The summed E-state index contributed by atoms with van der Waals surface area (Å²) >= 11 is 0. The van der Waals surface area contributed by atoms with Crippen molar-refractivity contribution in [1.82, 2.24) is 0 Å². The zero-order chi connectivity index (χ0) is 7.49. The van der Waals surface area contributed by atoms with E-state index < -0.39 is 0 Å². The maximum absolute atomic E-state index is 8.43. The molecular formula is C6H15BO2. The molecule has 0 saturated carbocycles. The van der Waals surface area contributed by atoms with Gasteiger partial charge in [0, 0.05) is 0 Å². The lowest BCUT2D eigenvalue weighted by Crippen LogP contribution is -2.32. The fourth-order valence-corrected chi connectivity index (χ4v) is 0.333. The Morgan fingerprint density at radius 2 is 1.89 bits per heavy atom. The number of hydrogen-bond acceptors (Lipinski definition) is 2. The molecule has 0 aliphatic heterocycles. The lowest BCUT2D eigenvalue weighted by atomic mass is 9.94. The molecule has 0 atom stereocenters. The van der Waals surface area contributed by atoms with Crippen LogP contribution in [0.2, 0.25) is 0 Å². The SMILES string of the molecule is CC(C)C(C)(C)OBO. The molecule has 0 aromatic heterocycles. The molecule has 0 radical (unpaired) electrons. The highest BCUT2D eigenvalue weighted by molar-refractivity contribution is 6.16. The van der Waals surface area contributed by atoms with Crippen LogP contribution in [0.3, 0.4) is 0 Å². The van der Waals surface area contributed by atoms with Crippen molar-refractivity contribution in [2.75, 3.05) is 0 Å². The second-order valence-corrected chi connectivity index (χ2v) is 3.03. The molecule has 0 aromatic rings. The van der Waals surface area contributed by atoms with E-state index in [0.29, 0.717) is 5.92 Å². The number of hydrogen-bond donors (Lipinski definition) is 1. The smallest absolute Gasteiger partial charge is 0.430 e. The Labute approximate surface area is 57.5 Å². The predicted molar refractivity (Wildman–Crippen MR) is 39.4 cm³/mol. The molecule has 0 bridgehead atoms.